The minimum atomic E-state index is -1.32. The number of primary amides is 2. The molecule has 33 heteroatoms. The number of ether oxygens (including phenoxy) is 3. The third-order valence-electron chi connectivity index (χ3n) is 16.7. The molecular weight excluding hydrogens is 1370 g/mol. The molecule has 0 aliphatic carbocycles. The molecule has 2 aromatic carbocycles. The van der Waals surface area contributed by atoms with Crippen LogP contribution in [-0.2, 0) is 30.3 Å². The smallest absolute Gasteiger partial charge is 0.407 e. The number of hydrogen-bond donors (Lipinski definition) is 6. The molecule has 27 nitrogen and oxygen atoms in total. The molecule has 2 saturated heterocycles. The van der Waals surface area contributed by atoms with Crippen LogP contribution in [0.4, 0.5) is 4.79 Å². The monoisotopic (exact) mass is 1440 g/mol. The van der Waals surface area contributed by atoms with Crippen LogP contribution in [0.5, 0.6) is 5.75 Å². The lowest BCUT2D eigenvalue weighted by Gasteiger charge is -2.32. The minimum Gasteiger partial charge on any atom is -0.497 e. The number of carbonyl (C=O) groups is 8. The molecule has 10 bridgehead atoms. The summed E-state index contributed by atoms with van der Waals surface area (Å²) in [4.78, 5) is 153. The van der Waals surface area contributed by atoms with Crippen molar-refractivity contribution in [3.8, 4) is 49.1 Å². The number of esters is 1. The number of methoxy groups -OCH3 is 1. The van der Waals surface area contributed by atoms with E-state index in [1.807, 2.05) is 12.3 Å². The number of likely N-dealkylation sites (N-methyl/N-ethyl adjacent to an activating group) is 1. The Morgan fingerprint density at radius 1 is 0.684 bits per heavy atom. The molecule has 3 aliphatic rings. The number of thiazole rings is 6. The lowest BCUT2D eigenvalue weighted by atomic mass is 10.00. The fraction of sp³-hybridized carbons (Fsp3) is 0.338. The van der Waals surface area contributed by atoms with Gasteiger partial charge in [0.15, 0.2) is 6.10 Å². The van der Waals surface area contributed by atoms with Gasteiger partial charge in [0.1, 0.15) is 93.8 Å². The van der Waals surface area contributed by atoms with Crippen LogP contribution < -0.4 is 37.5 Å². The third kappa shape index (κ3) is 15.6. The lowest BCUT2D eigenvalue weighted by Crippen LogP contribution is -2.50. The highest BCUT2D eigenvalue weighted by molar-refractivity contribution is 7.15. The van der Waals surface area contributed by atoms with Crippen molar-refractivity contribution in [2.45, 2.75) is 76.4 Å². The predicted octanol–water partition coefficient (Wildman–Crippen LogP) is 7.63. The van der Waals surface area contributed by atoms with Crippen molar-refractivity contribution in [3.05, 3.63) is 147 Å². The number of nitrogens with one attached hydrogen (secondary N) is 4. The van der Waals surface area contributed by atoms with Crippen LogP contribution in [0.25, 0.3) is 43.4 Å². The molecule has 12 rings (SSSR count). The molecule has 10 heterocycles. The molecule has 0 saturated carbocycles. The number of amides is 7. The van der Waals surface area contributed by atoms with Gasteiger partial charge in [-0.3, -0.25) is 33.6 Å². The first-order valence-corrected chi connectivity index (χ1v) is 36.2. The first-order valence-electron chi connectivity index (χ1n) is 31.0. The van der Waals surface area contributed by atoms with Gasteiger partial charge in [-0.15, -0.1) is 68.0 Å². The van der Waals surface area contributed by atoms with Gasteiger partial charge in [0.25, 0.3) is 23.6 Å². The molecule has 0 spiro atoms. The Kier molecular flexibility index (Phi) is 21.1. The second kappa shape index (κ2) is 30.2. The van der Waals surface area contributed by atoms with E-state index in [2.05, 4.69) is 43.1 Å². The van der Waals surface area contributed by atoms with E-state index in [4.69, 9.17) is 55.6 Å². The molecule has 98 heavy (non-hydrogen) atoms. The zero-order valence-corrected chi connectivity index (χ0v) is 58.3. The molecule has 3 aliphatic heterocycles. The Morgan fingerprint density at radius 2 is 1.35 bits per heavy atom. The van der Waals surface area contributed by atoms with Gasteiger partial charge in [0.05, 0.1) is 37.9 Å². The largest absolute Gasteiger partial charge is 0.497 e. The number of fused-ring (bicyclic) bond motifs is 16. The second-order valence-corrected chi connectivity index (χ2v) is 29.1. The van der Waals surface area contributed by atoms with E-state index < -0.39 is 96.2 Å². The Balaban J connectivity index is 0.956. The Bertz CT molecular complexity index is 4450. The minimum absolute atomic E-state index is 0.0210. The standard InChI is InChI=1S/C65H66N16O11S6/c1-32-47(91-34(3)82)26-81-52(32)63-76-46(31-97-63)60-72-42(27-94-60)50-38(16-17-39(69-50)59-73-43(28-95-59)54(67)84)58-74-44(29-93-58)55(85)70-40(25-48(66)83)61-78-49(33(2)98-61)57(87)77-51(53(36-10-7-6-8-11-36)92-65(89)68-18-9-19-80-22-20-79(4)21-23-80)62-75-45(30-96-62)56(86)71-41(64(81)88)24-35-12-14-37(90-5)15-13-35/h6-8,10-17,27-32,40-41,47,51-53H,9,18-26H2,1-5H3,(H2,66,83)(H2,67,84)(H,68,89)(H,70,85)(H,71,86)(H,77,87)/t32-,40-,41-,47-,51-,52?,53+/m0/s1. The van der Waals surface area contributed by atoms with Gasteiger partial charge in [-0.1, -0.05) is 49.4 Å². The van der Waals surface area contributed by atoms with Crippen molar-refractivity contribution in [3.63, 3.8) is 0 Å². The molecule has 8 N–H and O–H groups in total. The summed E-state index contributed by atoms with van der Waals surface area (Å²) in [5.74, 6) is -4.75. The van der Waals surface area contributed by atoms with Crippen molar-refractivity contribution >= 4 is 116 Å². The van der Waals surface area contributed by atoms with Crippen molar-refractivity contribution in [2.24, 2.45) is 17.4 Å². The summed E-state index contributed by atoms with van der Waals surface area (Å²) in [5, 5.41) is 21.9. The van der Waals surface area contributed by atoms with Gasteiger partial charge < -0.3 is 61.6 Å². The topological polar surface area (TPSA) is 364 Å². The molecule has 508 valence electrons. The van der Waals surface area contributed by atoms with Crippen molar-refractivity contribution in [1.82, 2.24) is 70.9 Å². The number of pyridine rings is 1. The summed E-state index contributed by atoms with van der Waals surface area (Å²) in [6.07, 6.45) is -2.68. The molecule has 7 atom stereocenters. The molecule has 0 radical (unpaired) electrons. The van der Waals surface area contributed by atoms with E-state index in [1.165, 1.54) is 64.2 Å². The predicted molar refractivity (Wildman–Crippen MR) is 370 cm³/mol. The number of aromatic nitrogens is 7. The van der Waals surface area contributed by atoms with Crippen molar-refractivity contribution in [2.75, 3.05) is 60.0 Å². The molecule has 2 fully saturated rings. The van der Waals surface area contributed by atoms with Gasteiger partial charge in [-0.25, -0.2) is 39.7 Å². The zero-order chi connectivity index (χ0) is 68.9. The summed E-state index contributed by atoms with van der Waals surface area (Å²) < 4.78 is 17.7. The number of benzene rings is 2. The second-order valence-electron chi connectivity index (χ2n) is 23.5. The SMILES string of the molecule is COc1ccc(C[C@@H]2NC(=O)c3csc(n3)[C@H]([C@H](OC(=O)NCCCN3CCN(C)CC3)c3ccccc3)NC(=O)c3nc(sc3C)[C@H](CC(N)=O)NC(=O)c3csc(n3)-c3ccc(-c4nc(C(N)=O)cs4)nc3-c3csc(n3)-c3csc(n3)C3[C@@H](C)[C@@H](OC(C)=O)CN3C2=O)cc1. The zero-order valence-electron chi connectivity index (χ0n) is 53.4. The Morgan fingerprint density at radius 3 is 2.07 bits per heavy atom. The average molecular weight is 1440 g/mol. The molecule has 1 unspecified atom stereocenters. The maximum Gasteiger partial charge on any atom is 0.407 e. The van der Waals surface area contributed by atoms with Gasteiger partial charge >= 0.3 is 12.1 Å². The van der Waals surface area contributed by atoms with Crippen LogP contribution in [-0.4, -0.2) is 169 Å². The summed E-state index contributed by atoms with van der Waals surface area (Å²) in [7, 11) is 3.61. The highest BCUT2D eigenvalue weighted by Gasteiger charge is 2.48. The van der Waals surface area contributed by atoms with Gasteiger partial charge in [-0.05, 0) is 62.3 Å². The van der Waals surface area contributed by atoms with Crippen LogP contribution in [0.1, 0.15) is 124 Å². The van der Waals surface area contributed by atoms with E-state index in [9.17, 15) is 24.0 Å². The number of nitrogens with zero attached hydrogens (tertiary/aromatic N) is 10. The van der Waals surface area contributed by atoms with E-state index in [-0.39, 0.29) is 52.3 Å². The number of piperazine rings is 1. The van der Waals surface area contributed by atoms with Crippen LogP contribution in [0.2, 0.25) is 0 Å². The van der Waals surface area contributed by atoms with E-state index in [0.29, 0.717) is 76.5 Å². The summed E-state index contributed by atoms with van der Waals surface area (Å²) in [6.45, 7) is 9.43. The summed E-state index contributed by atoms with van der Waals surface area (Å²) in [6, 6.07) is 14.7. The number of carbonyl (C=O) groups excluding carboxylic acids is 8. The quantitative estimate of drug-likeness (QED) is 0.0424. The van der Waals surface area contributed by atoms with Crippen molar-refractivity contribution < 1.29 is 52.6 Å². The molecular formula is C65H66N16O11S6. The highest BCUT2D eigenvalue weighted by Crippen LogP contribution is 2.44. The van der Waals surface area contributed by atoms with Crippen molar-refractivity contribution in [1.29, 1.82) is 0 Å². The first kappa shape index (κ1) is 68.6. The number of hydrogen-bond acceptors (Lipinski definition) is 26. The van der Waals surface area contributed by atoms with Crippen LogP contribution >= 0.6 is 68.0 Å². The average Bonchev–Trinajstić information content (AvgIpc) is 1.61. The van der Waals surface area contributed by atoms with Gasteiger partial charge in [0, 0.05) is 89.3 Å². The van der Waals surface area contributed by atoms with Gasteiger partial charge in [-0.2, -0.15) is 0 Å². The fourth-order valence-corrected chi connectivity index (χ4v) is 16.9. The Hall–Kier alpha value is -9.35. The molecule has 7 aromatic heterocycles. The van der Waals surface area contributed by atoms with Crippen LogP contribution in [0.15, 0.2) is 93.6 Å². The van der Waals surface area contributed by atoms with E-state index >= 15 is 14.4 Å². The third-order valence-corrected chi connectivity index (χ3v) is 22.2. The molecule has 9 aromatic rings. The number of nitrogens with two attached hydrogens (primary N) is 2. The van der Waals surface area contributed by atoms with E-state index in [0.717, 1.165) is 66.7 Å². The number of aryl methyl sites for hydroxylation is 1. The number of alkyl carbamates (subject to hydrolysis) is 1. The number of rotatable bonds is 15. The Labute approximate surface area is 585 Å². The normalized spacial score (nSPS) is 19.7. The van der Waals surface area contributed by atoms with E-state index in [1.54, 1.807) is 83.9 Å². The maximum atomic E-state index is 15.7. The lowest BCUT2D eigenvalue weighted by molar-refractivity contribution is -0.148. The molecule has 7 amide bonds. The fourth-order valence-electron chi connectivity index (χ4n) is 11.6. The highest BCUT2D eigenvalue weighted by atomic mass is 32.1. The van der Waals surface area contributed by atoms with Crippen LogP contribution in [0, 0.1) is 12.8 Å². The first-order chi connectivity index (χ1) is 47.2. The summed E-state index contributed by atoms with van der Waals surface area (Å²) in [5.41, 5.74) is 14.3. The summed E-state index contributed by atoms with van der Waals surface area (Å²) >= 11 is 6.88. The van der Waals surface area contributed by atoms with Gasteiger partial charge in [0.2, 0.25) is 11.8 Å². The maximum absolute atomic E-state index is 15.7. The van der Waals surface area contributed by atoms with Crippen LogP contribution in [0.3, 0.4) is 0 Å².